The van der Waals surface area contributed by atoms with Crippen LogP contribution in [0, 0.1) is 10.7 Å². The van der Waals surface area contributed by atoms with Gasteiger partial charge in [-0.3, -0.25) is 0 Å². The van der Waals surface area contributed by atoms with Gasteiger partial charge < -0.3 is 4.98 Å². The fourth-order valence-corrected chi connectivity index (χ4v) is 4.23. The maximum absolute atomic E-state index is 5.43. The highest BCUT2D eigenvalue weighted by Crippen LogP contribution is 2.44. The van der Waals surface area contributed by atoms with Crippen LogP contribution in [0.15, 0.2) is 24.3 Å². The van der Waals surface area contributed by atoms with Crippen molar-refractivity contribution < 1.29 is 0 Å². The quantitative estimate of drug-likeness (QED) is 0.603. The minimum absolute atomic E-state index is 0.447. The van der Waals surface area contributed by atoms with E-state index in [0.717, 1.165) is 11.2 Å². The lowest BCUT2D eigenvalue weighted by Gasteiger charge is -2.30. The fraction of sp³-hybridized carbons (Fsp3) is 0.421. The van der Waals surface area contributed by atoms with Gasteiger partial charge in [0.15, 0.2) is 0 Å². The molecule has 0 radical (unpaired) electrons. The monoisotopic (exact) mass is 323 g/mol. The maximum Gasteiger partial charge on any atom is 0.221 e. The number of aromatic nitrogens is 3. The van der Waals surface area contributed by atoms with Crippen LogP contribution in [-0.2, 0) is 0 Å². The third-order valence-corrected chi connectivity index (χ3v) is 5.40. The average Bonchev–Trinajstić information content (AvgIpc) is 2.77. The summed E-state index contributed by atoms with van der Waals surface area (Å²) >= 11 is 5.43. The molecule has 118 valence electrons. The molecule has 2 atom stereocenters. The number of fused-ring (bicyclic) bond motifs is 5. The Bertz CT molecular complexity index is 958. The Labute approximate surface area is 141 Å². The summed E-state index contributed by atoms with van der Waals surface area (Å²) in [4.78, 5) is 12.8. The zero-order chi connectivity index (χ0) is 16.1. The highest BCUT2D eigenvalue weighted by atomic mass is 32.1. The first-order valence-corrected chi connectivity index (χ1v) is 8.79. The highest BCUT2D eigenvalue weighted by molar-refractivity contribution is 7.71. The predicted molar refractivity (Wildman–Crippen MR) is 97.5 cm³/mol. The van der Waals surface area contributed by atoms with Gasteiger partial charge in [0, 0.05) is 22.2 Å². The first-order valence-electron chi connectivity index (χ1n) is 8.39. The molecule has 2 unspecified atom stereocenters. The standard InChI is InChI=1S/C19H21N3S/c1-10(2)12-9-8-11(3)15-16-13-6-4-5-7-14(13)20-18(16)22-19(23)21-17(12)15/h4-7,10-12H,8-9H2,1-3H3,(H,20,21,22,23). The largest absolute Gasteiger partial charge is 0.339 e. The molecule has 0 saturated carbocycles. The summed E-state index contributed by atoms with van der Waals surface area (Å²) < 4.78 is 0.447. The molecule has 2 aromatic heterocycles. The van der Waals surface area contributed by atoms with Crippen molar-refractivity contribution in [3.05, 3.63) is 40.3 Å². The van der Waals surface area contributed by atoms with Crippen molar-refractivity contribution in [3.8, 4) is 0 Å². The van der Waals surface area contributed by atoms with Crippen LogP contribution in [0.2, 0.25) is 0 Å². The van der Waals surface area contributed by atoms with Crippen LogP contribution in [0.5, 0.6) is 0 Å². The van der Waals surface area contributed by atoms with Crippen molar-refractivity contribution in [1.29, 1.82) is 0 Å². The molecule has 0 fully saturated rings. The Hall–Kier alpha value is -1.81. The van der Waals surface area contributed by atoms with Gasteiger partial charge in [0.05, 0.1) is 5.69 Å². The van der Waals surface area contributed by atoms with Gasteiger partial charge in [0.25, 0.3) is 0 Å². The molecular formula is C19H21N3S. The van der Waals surface area contributed by atoms with Crippen LogP contribution in [-0.4, -0.2) is 15.0 Å². The van der Waals surface area contributed by atoms with Gasteiger partial charge in [-0.1, -0.05) is 39.0 Å². The van der Waals surface area contributed by atoms with Crippen molar-refractivity contribution >= 4 is 34.2 Å². The molecule has 0 saturated heterocycles. The van der Waals surface area contributed by atoms with Crippen LogP contribution >= 0.6 is 12.2 Å². The van der Waals surface area contributed by atoms with Crippen LogP contribution < -0.4 is 0 Å². The van der Waals surface area contributed by atoms with E-state index in [1.165, 1.54) is 34.9 Å². The molecule has 3 aromatic rings. The zero-order valence-electron chi connectivity index (χ0n) is 13.8. The fourth-order valence-electron chi connectivity index (χ4n) is 4.04. The van der Waals surface area contributed by atoms with E-state index in [1.807, 2.05) is 0 Å². The van der Waals surface area contributed by atoms with E-state index in [4.69, 9.17) is 17.2 Å². The number of nitrogens with one attached hydrogen (secondary N) is 1. The number of nitrogens with zero attached hydrogens (tertiary/aromatic N) is 2. The number of H-pyrrole nitrogens is 1. The van der Waals surface area contributed by atoms with Crippen molar-refractivity contribution in [1.82, 2.24) is 15.0 Å². The zero-order valence-corrected chi connectivity index (χ0v) is 14.6. The van der Waals surface area contributed by atoms with Crippen molar-refractivity contribution in [2.45, 2.75) is 45.4 Å². The molecule has 0 spiro atoms. The van der Waals surface area contributed by atoms with Gasteiger partial charge >= 0.3 is 0 Å². The molecule has 0 amide bonds. The Morgan fingerprint density at radius 1 is 1.17 bits per heavy atom. The molecule has 3 nitrogen and oxygen atoms in total. The Morgan fingerprint density at radius 3 is 2.74 bits per heavy atom. The van der Waals surface area contributed by atoms with E-state index >= 15 is 0 Å². The summed E-state index contributed by atoms with van der Waals surface area (Å²) in [5.74, 6) is 1.51. The molecule has 23 heavy (non-hydrogen) atoms. The topological polar surface area (TPSA) is 41.6 Å². The van der Waals surface area contributed by atoms with E-state index in [0.29, 0.717) is 22.5 Å². The number of hydrogen-bond acceptors (Lipinski definition) is 3. The van der Waals surface area contributed by atoms with E-state index in [1.54, 1.807) is 0 Å². The molecule has 1 aliphatic carbocycles. The van der Waals surface area contributed by atoms with Gasteiger partial charge in [-0.2, -0.15) is 0 Å². The first-order chi connectivity index (χ1) is 11.1. The molecule has 1 aromatic carbocycles. The summed E-state index contributed by atoms with van der Waals surface area (Å²) in [6, 6.07) is 8.42. The highest BCUT2D eigenvalue weighted by Gasteiger charge is 2.30. The van der Waals surface area contributed by atoms with Gasteiger partial charge in [-0.05, 0) is 48.5 Å². The number of benzene rings is 1. The van der Waals surface area contributed by atoms with Gasteiger partial charge in [0.1, 0.15) is 5.65 Å². The predicted octanol–water partition coefficient (Wildman–Crippen LogP) is 5.48. The van der Waals surface area contributed by atoms with Gasteiger partial charge in [-0.15, -0.1) is 0 Å². The SMILES string of the molecule is CC1CCC(C(C)C)c2nc(=S)nc3[nH]c4ccccc4c3c21. The lowest BCUT2D eigenvalue weighted by atomic mass is 9.75. The minimum atomic E-state index is 0.447. The minimum Gasteiger partial charge on any atom is -0.339 e. The molecule has 0 bridgehead atoms. The van der Waals surface area contributed by atoms with Crippen LogP contribution in [0.1, 0.15) is 56.7 Å². The maximum atomic E-state index is 5.43. The molecule has 4 rings (SSSR count). The molecule has 1 N–H and O–H groups in total. The molecule has 1 aliphatic rings. The summed E-state index contributed by atoms with van der Waals surface area (Å²) in [6.07, 6.45) is 2.38. The Kier molecular flexibility index (Phi) is 3.45. The number of aromatic amines is 1. The molecule has 0 aliphatic heterocycles. The van der Waals surface area contributed by atoms with Crippen molar-refractivity contribution in [2.75, 3.05) is 0 Å². The summed E-state index contributed by atoms with van der Waals surface area (Å²) in [7, 11) is 0. The van der Waals surface area contributed by atoms with E-state index in [2.05, 4.69) is 55.0 Å². The molecule has 2 heterocycles. The van der Waals surface area contributed by atoms with Crippen LogP contribution in [0.3, 0.4) is 0 Å². The van der Waals surface area contributed by atoms with Crippen LogP contribution in [0.4, 0.5) is 0 Å². The number of rotatable bonds is 1. The summed E-state index contributed by atoms with van der Waals surface area (Å²) in [6.45, 7) is 6.87. The van der Waals surface area contributed by atoms with Gasteiger partial charge in [-0.25, -0.2) is 9.97 Å². The van der Waals surface area contributed by atoms with Crippen molar-refractivity contribution in [3.63, 3.8) is 0 Å². The third kappa shape index (κ3) is 2.27. The summed E-state index contributed by atoms with van der Waals surface area (Å²) in [5, 5.41) is 2.45. The lowest BCUT2D eigenvalue weighted by molar-refractivity contribution is 0.402. The molecule has 4 heteroatoms. The third-order valence-electron chi connectivity index (χ3n) is 5.21. The van der Waals surface area contributed by atoms with Crippen molar-refractivity contribution in [2.24, 2.45) is 5.92 Å². The van der Waals surface area contributed by atoms with E-state index in [-0.39, 0.29) is 0 Å². The molecular weight excluding hydrogens is 302 g/mol. The van der Waals surface area contributed by atoms with E-state index < -0.39 is 0 Å². The second-order valence-corrected chi connectivity index (χ2v) is 7.39. The normalized spacial score (nSPS) is 21.0. The Morgan fingerprint density at radius 2 is 1.96 bits per heavy atom. The first kappa shape index (κ1) is 14.8. The number of para-hydroxylation sites is 1. The Balaban J connectivity index is 2.22. The second kappa shape index (κ2) is 5.38. The average molecular weight is 323 g/mol. The second-order valence-electron chi connectivity index (χ2n) is 7.03. The van der Waals surface area contributed by atoms with Gasteiger partial charge in [0.2, 0.25) is 4.77 Å². The lowest BCUT2D eigenvalue weighted by Crippen LogP contribution is -2.18. The number of hydrogen-bond donors (Lipinski definition) is 1. The van der Waals surface area contributed by atoms with E-state index in [9.17, 15) is 0 Å². The summed E-state index contributed by atoms with van der Waals surface area (Å²) in [5.41, 5.74) is 4.53. The smallest absolute Gasteiger partial charge is 0.221 e. The van der Waals surface area contributed by atoms with Crippen LogP contribution in [0.25, 0.3) is 21.9 Å².